The standard InChI is InChI=1S/C14H10Cl2FN3O/c15-11-5-10-9(6-19-11)8(14(21)20-10)2-1-7-3-4-18-13(16)12(7)17/h2-3,5-6,18H,1,4H2,(H,20,21)/b8-2+. The molecule has 0 aliphatic carbocycles. The van der Waals surface area contributed by atoms with Crippen LogP contribution in [-0.2, 0) is 4.79 Å². The molecule has 3 heterocycles. The molecule has 4 nitrogen and oxygen atoms in total. The van der Waals surface area contributed by atoms with Gasteiger partial charge in [-0.3, -0.25) is 4.79 Å². The first-order valence-electron chi connectivity index (χ1n) is 6.22. The molecule has 0 saturated heterocycles. The Morgan fingerprint density at radius 1 is 1.43 bits per heavy atom. The number of pyridine rings is 1. The maximum absolute atomic E-state index is 13.8. The van der Waals surface area contributed by atoms with Crippen LogP contribution in [0.1, 0.15) is 12.0 Å². The van der Waals surface area contributed by atoms with Crippen LogP contribution in [0.15, 0.2) is 41.0 Å². The van der Waals surface area contributed by atoms with Gasteiger partial charge in [-0.15, -0.1) is 0 Å². The molecule has 0 radical (unpaired) electrons. The zero-order valence-electron chi connectivity index (χ0n) is 10.7. The number of carbonyl (C=O) groups is 1. The third kappa shape index (κ3) is 2.66. The van der Waals surface area contributed by atoms with E-state index < -0.39 is 5.83 Å². The second kappa shape index (κ2) is 5.50. The fraction of sp³-hybridized carbons (Fsp3) is 0.143. The average Bonchev–Trinajstić information content (AvgIpc) is 2.75. The second-order valence-corrected chi connectivity index (χ2v) is 5.33. The van der Waals surface area contributed by atoms with Gasteiger partial charge in [0.15, 0.2) is 5.83 Å². The molecule has 0 fully saturated rings. The Kier molecular flexibility index (Phi) is 3.69. The van der Waals surface area contributed by atoms with Crippen LogP contribution in [0.5, 0.6) is 0 Å². The van der Waals surface area contributed by atoms with Gasteiger partial charge in [-0.05, 0) is 18.1 Å². The number of allylic oxidation sites excluding steroid dienone is 3. The summed E-state index contributed by atoms with van der Waals surface area (Å²) in [5, 5.41) is 5.69. The number of hydrogen-bond donors (Lipinski definition) is 2. The topological polar surface area (TPSA) is 54.0 Å². The van der Waals surface area contributed by atoms with Crippen LogP contribution in [0.4, 0.5) is 10.1 Å². The lowest BCUT2D eigenvalue weighted by Crippen LogP contribution is -2.16. The minimum atomic E-state index is -0.493. The molecule has 0 spiro atoms. The van der Waals surface area contributed by atoms with Crippen LogP contribution in [0, 0.1) is 0 Å². The largest absolute Gasteiger partial charge is 0.370 e. The number of rotatable bonds is 2. The molecule has 1 aromatic rings. The SMILES string of the molecule is O=C1Nc2cc(Cl)ncc2/C1=C\CC1=CCNC(Cl)=C1F. The molecule has 7 heteroatoms. The number of fused-ring (bicyclic) bond motifs is 1. The number of anilines is 1. The van der Waals surface area contributed by atoms with Gasteiger partial charge in [0, 0.05) is 23.9 Å². The van der Waals surface area contributed by atoms with Crippen LogP contribution in [0.25, 0.3) is 5.57 Å². The van der Waals surface area contributed by atoms with Gasteiger partial charge in [0.25, 0.3) is 5.91 Å². The molecule has 1 amide bonds. The van der Waals surface area contributed by atoms with Crippen LogP contribution in [0.3, 0.4) is 0 Å². The highest BCUT2D eigenvalue weighted by atomic mass is 35.5. The number of carbonyl (C=O) groups excluding carboxylic acids is 1. The highest BCUT2D eigenvalue weighted by Gasteiger charge is 2.25. The van der Waals surface area contributed by atoms with E-state index in [0.717, 1.165) is 0 Å². The normalized spacial score (nSPS) is 19.3. The molecule has 21 heavy (non-hydrogen) atoms. The maximum Gasteiger partial charge on any atom is 0.256 e. The molecule has 1 aromatic heterocycles. The molecule has 2 N–H and O–H groups in total. The summed E-state index contributed by atoms with van der Waals surface area (Å²) in [6.07, 6.45) is 5.16. The molecule has 2 aliphatic rings. The van der Waals surface area contributed by atoms with Crippen molar-refractivity contribution in [3.63, 3.8) is 0 Å². The summed E-state index contributed by atoms with van der Waals surface area (Å²) < 4.78 is 13.8. The third-order valence-electron chi connectivity index (χ3n) is 3.26. The summed E-state index contributed by atoms with van der Waals surface area (Å²) in [6.45, 7) is 0.463. The highest BCUT2D eigenvalue weighted by molar-refractivity contribution is 6.33. The third-order valence-corrected chi connectivity index (χ3v) is 3.77. The summed E-state index contributed by atoms with van der Waals surface area (Å²) >= 11 is 11.5. The summed E-state index contributed by atoms with van der Waals surface area (Å²) in [6, 6.07) is 1.58. The van der Waals surface area contributed by atoms with Gasteiger partial charge >= 0.3 is 0 Å². The minimum Gasteiger partial charge on any atom is -0.370 e. The summed E-state index contributed by atoms with van der Waals surface area (Å²) in [4.78, 5) is 15.9. The van der Waals surface area contributed by atoms with E-state index in [2.05, 4.69) is 15.6 Å². The zero-order chi connectivity index (χ0) is 15.0. The predicted molar refractivity (Wildman–Crippen MR) is 80.5 cm³/mol. The summed E-state index contributed by atoms with van der Waals surface area (Å²) in [7, 11) is 0. The van der Waals surface area contributed by atoms with Crippen molar-refractivity contribution in [1.82, 2.24) is 10.3 Å². The van der Waals surface area contributed by atoms with Gasteiger partial charge in [-0.2, -0.15) is 0 Å². The molecule has 108 valence electrons. The van der Waals surface area contributed by atoms with Crippen LogP contribution < -0.4 is 10.6 Å². The fourth-order valence-corrected chi connectivity index (χ4v) is 2.58. The Morgan fingerprint density at radius 2 is 2.24 bits per heavy atom. The van der Waals surface area contributed by atoms with Gasteiger partial charge in [0.05, 0.1) is 5.69 Å². The molecule has 3 rings (SSSR count). The number of hydrogen-bond acceptors (Lipinski definition) is 3. The smallest absolute Gasteiger partial charge is 0.256 e. The first-order valence-corrected chi connectivity index (χ1v) is 6.98. The van der Waals surface area contributed by atoms with E-state index in [9.17, 15) is 9.18 Å². The molecule has 0 atom stereocenters. The van der Waals surface area contributed by atoms with Crippen LogP contribution >= 0.6 is 23.2 Å². The van der Waals surface area contributed by atoms with Crippen molar-refractivity contribution < 1.29 is 9.18 Å². The Hall–Kier alpha value is -1.85. The molecule has 0 aromatic carbocycles. The molecular formula is C14H10Cl2FN3O. The molecular weight excluding hydrogens is 316 g/mol. The number of amides is 1. The van der Waals surface area contributed by atoms with Crippen LogP contribution in [-0.4, -0.2) is 17.4 Å². The van der Waals surface area contributed by atoms with Crippen molar-refractivity contribution in [3.8, 4) is 0 Å². The highest BCUT2D eigenvalue weighted by Crippen LogP contribution is 2.34. The monoisotopic (exact) mass is 325 g/mol. The van der Waals surface area contributed by atoms with E-state index in [0.29, 0.717) is 34.1 Å². The van der Waals surface area contributed by atoms with Crippen molar-refractivity contribution in [2.24, 2.45) is 0 Å². The van der Waals surface area contributed by atoms with Crippen molar-refractivity contribution in [2.45, 2.75) is 6.42 Å². The number of aromatic nitrogens is 1. The van der Waals surface area contributed by atoms with Gasteiger partial charge in [-0.25, -0.2) is 9.37 Å². The van der Waals surface area contributed by atoms with Crippen LogP contribution in [0.2, 0.25) is 5.15 Å². The lowest BCUT2D eigenvalue weighted by molar-refractivity contribution is -0.110. The van der Waals surface area contributed by atoms with Crippen molar-refractivity contribution in [3.05, 3.63) is 51.7 Å². The number of dihydropyridines is 1. The second-order valence-electron chi connectivity index (χ2n) is 4.57. The van der Waals surface area contributed by atoms with E-state index in [1.165, 1.54) is 6.20 Å². The van der Waals surface area contributed by atoms with Gasteiger partial charge in [-0.1, -0.05) is 35.4 Å². The Bertz CT molecular complexity index is 725. The summed E-state index contributed by atoms with van der Waals surface area (Å²) in [5.74, 6) is -0.744. The first-order chi connectivity index (χ1) is 10.1. The Balaban J connectivity index is 1.88. The van der Waals surface area contributed by atoms with E-state index in [1.807, 2.05) is 0 Å². The van der Waals surface area contributed by atoms with Gasteiger partial charge < -0.3 is 10.6 Å². The van der Waals surface area contributed by atoms with E-state index in [1.54, 1.807) is 18.2 Å². The lowest BCUT2D eigenvalue weighted by atomic mass is 10.0. The zero-order valence-corrected chi connectivity index (χ0v) is 12.2. The maximum atomic E-state index is 13.8. The molecule has 0 unspecified atom stereocenters. The number of halogens is 3. The minimum absolute atomic E-state index is 0.00405. The number of nitrogens with zero attached hydrogens (tertiary/aromatic N) is 1. The van der Waals surface area contributed by atoms with Gasteiger partial charge in [0.2, 0.25) is 0 Å². The van der Waals surface area contributed by atoms with Gasteiger partial charge in [0.1, 0.15) is 10.3 Å². The van der Waals surface area contributed by atoms with E-state index in [4.69, 9.17) is 23.2 Å². The van der Waals surface area contributed by atoms with Crippen molar-refractivity contribution >= 4 is 40.4 Å². The number of nitrogens with one attached hydrogen (secondary N) is 2. The molecule has 0 bridgehead atoms. The average molecular weight is 326 g/mol. The molecule has 2 aliphatic heterocycles. The molecule has 0 saturated carbocycles. The first kappa shape index (κ1) is 14.1. The lowest BCUT2D eigenvalue weighted by Gasteiger charge is -2.12. The fourth-order valence-electron chi connectivity index (χ4n) is 2.22. The Morgan fingerprint density at radius 3 is 3.05 bits per heavy atom. The quantitative estimate of drug-likeness (QED) is 0.498. The van der Waals surface area contributed by atoms with E-state index >= 15 is 0 Å². The Labute approximate surface area is 130 Å². The van der Waals surface area contributed by atoms with Crippen molar-refractivity contribution in [1.29, 1.82) is 0 Å². The van der Waals surface area contributed by atoms with E-state index in [-0.39, 0.29) is 17.5 Å². The van der Waals surface area contributed by atoms with Crippen molar-refractivity contribution in [2.75, 3.05) is 11.9 Å². The predicted octanol–water partition coefficient (Wildman–Crippen LogP) is 3.37. The summed E-state index contributed by atoms with van der Waals surface area (Å²) in [5.41, 5.74) is 2.18.